The maximum absolute atomic E-state index is 14.5. The third-order valence-electron chi connectivity index (χ3n) is 14.0. The average molecular weight is 1050 g/mol. The van der Waals surface area contributed by atoms with Crippen LogP contribution >= 0.6 is 11.8 Å². The van der Waals surface area contributed by atoms with E-state index in [1.54, 1.807) is 69.0 Å². The van der Waals surface area contributed by atoms with Gasteiger partial charge in [0.25, 0.3) is 0 Å². The third-order valence-corrected chi connectivity index (χ3v) is 14.5. The summed E-state index contributed by atoms with van der Waals surface area (Å²) in [5, 5.41) is 13.0. The molecule has 1 aliphatic rings. The van der Waals surface area contributed by atoms with Crippen molar-refractivity contribution in [3.05, 3.63) is 71.3 Å². The molecule has 412 valence electrons. The molecule has 2 aromatic rings. The minimum Gasteiger partial charge on any atom is -0.452 e. The number of methoxy groups -OCH3 is 2. The molecular formula is C55H86N8O10S. The van der Waals surface area contributed by atoms with Gasteiger partial charge in [-0.25, -0.2) is 10.2 Å². The second-order valence-corrected chi connectivity index (χ2v) is 21.2. The second kappa shape index (κ2) is 30.9. The van der Waals surface area contributed by atoms with Gasteiger partial charge in [0.1, 0.15) is 12.1 Å². The Morgan fingerprint density at radius 3 is 2.01 bits per heavy atom. The van der Waals surface area contributed by atoms with Crippen molar-refractivity contribution < 1.29 is 47.8 Å². The monoisotopic (exact) mass is 1050 g/mol. The van der Waals surface area contributed by atoms with Gasteiger partial charge in [-0.1, -0.05) is 97.4 Å². The number of carbonyl (C=O) groups is 7. The van der Waals surface area contributed by atoms with E-state index >= 15 is 0 Å². The molecule has 0 spiro atoms. The lowest BCUT2D eigenvalue weighted by Crippen LogP contribution is -2.59. The highest BCUT2D eigenvalue weighted by atomic mass is 32.2. The van der Waals surface area contributed by atoms with Crippen molar-refractivity contribution in [1.29, 1.82) is 0 Å². The van der Waals surface area contributed by atoms with E-state index in [9.17, 15) is 33.6 Å². The summed E-state index contributed by atoms with van der Waals surface area (Å²) in [6.45, 7) is 17.7. The van der Waals surface area contributed by atoms with Crippen LogP contribution in [0, 0.1) is 23.7 Å². The number of hydrogen-bond donors (Lipinski definition) is 4. The molecule has 1 aliphatic heterocycles. The highest BCUT2D eigenvalue weighted by Gasteiger charge is 2.43. The Kier molecular flexibility index (Phi) is 26.2. The van der Waals surface area contributed by atoms with Gasteiger partial charge in [0.15, 0.2) is 0 Å². The molecule has 10 atom stereocenters. The molecule has 1 saturated heterocycles. The van der Waals surface area contributed by atoms with Crippen molar-refractivity contribution in [3.63, 3.8) is 0 Å². The van der Waals surface area contributed by atoms with E-state index < -0.39 is 60.4 Å². The SMILES string of the molecule is CC[C@H](C)[C@@H]([C@@H](CC(=O)N1CCC[C@H]1[C@H](OC)[C@@H](C)C(=O)N[C@H](C)[C@@H](OC(=O)c1ccc(/C(C)=N/NC(=O)CCNC(=O)CSC)cc1)c1ccccc1)OC)N(C)C(=O)[C@@H](NC(=O)[C@H](C(C)C)N(C)C)C(C)C. The van der Waals surface area contributed by atoms with Gasteiger partial charge in [-0.2, -0.15) is 16.9 Å². The van der Waals surface area contributed by atoms with E-state index in [2.05, 4.69) is 26.5 Å². The van der Waals surface area contributed by atoms with Gasteiger partial charge in [-0.05, 0) is 88.1 Å². The highest BCUT2D eigenvalue weighted by molar-refractivity contribution is 7.99. The summed E-state index contributed by atoms with van der Waals surface area (Å²) >= 11 is 1.39. The number of benzene rings is 2. The number of hydrazone groups is 1. The number of nitrogens with zero attached hydrogens (tertiary/aromatic N) is 4. The topological polar surface area (TPSA) is 217 Å². The molecule has 0 saturated carbocycles. The summed E-state index contributed by atoms with van der Waals surface area (Å²) in [7, 11) is 8.49. The summed E-state index contributed by atoms with van der Waals surface area (Å²) in [5.74, 6) is -2.82. The van der Waals surface area contributed by atoms with Crippen molar-refractivity contribution in [2.75, 3.05) is 60.5 Å². The van der Waals surface area contributed by atoms with Crippen molar-refractivity contribution in [1.82, 2.24) is 36.1 Å². The van der Waals surface area contributed by atoms with Crippen molar-refractivity contribution >= 4 is 58.9 Å². The summed E-state index contributed by atoms with van der Waals surface area (Å²) in [4.78, 5) is 99.6. The van der Waals surface area contributed by atoms with Crippen molar-refractivity contribution in [3.8, 4) is 0 Å². The smallest absolute Gasteiger partial charge is 0.338 e. The molecule has 18 nitrogen and oxygen atoms in total. The van der Waals surface area contributed by atoms with Gasteiger partial charge in [0, 0.05) is 40.8 Å². The molecule has 74 heavy (non-hydrogen) atoms. The number of amides is 6. The number of ether oxygens (including phenoxy) is 3. The molecule has 1 fully saturated rings. The molecule has 3 rings (SSSR count). The van der Waals surface area contributed by atoms with Gasteiger partial charge < -0.3 is 40.0 Å². The Labute approximate surface area is 444 Å². The number of thioether (sulfide) groups is 1. The van der Waals surface area contributed by atoms with E-state index in [1.165, 1.54) is 18.9 Å². The minimum absolute atomic E-state index is 0.0171. The summed E-state index contributed by atoms with van der Waals surface area (Å²) in [6, 6.07) is 12.9. The van der Waals surface area contributed by atoms with E-state index in [-0.39, 0.29) is 78.1 Å². The van der Waals surface area contributed by atoms with Gasteiger partial charge in [-0.15, -0.1) is 0 Å². The average Bonchev–Trinajstić information content (AvgIpc) is 3.85. The molecule has 0 bridgehead atoms. The Bertz CT molecular complexity index is 2170. The first-order valence-corrected chi connectivity index (χ1v) is 27.3. The molecule has 6 amide bonds. The van der Waals surface area contributed by atoms with Gasteiger partial charge >= 0.3 is 5.97 Å². The van der Waals surface area contributed by atoms with Crippen LogP contribution in [-0.4, -0.2) is 165 Å². The lowest BCUT2D eigenvalue weighted by atomic mass is 9.89. The predicted octanol–water partition coefficient (Wildman–Crippen LogP) is 5.45. The number of nitrogens with one attached hydrogen (secondary N) is 4. The fourth-order valence-corrected chi connectivity index (χ4v) is 10.1. The maximum atomic E-state index is 14.5. The van der Waals surface area contributed by atoms with Crippen LogP contribution in [0.5, 0.6) is 0 Å². The first kappa shape index (κ1) is 62.9. The van der Waals surface area contributed by atoms with E-state index in [0.717, 1.165) is 0 Å². The van der Waals surface area contributed by atoms with Gasteiger partial charge in [0.2, 0.25) is 35.4 Å². The van der Waals surface area contributed by atoms with Gasteiger partial charge in [-0.3, -0.25) is 33.7 Å². The maximum Gasteiger partial charge on any atom is 0.338 e. The molecular weight excluding hydrogens is 965 g/mol. The predicted molar refractivity (Wildman–Crippen MR) is 290 cm³/mol. The normalized spacial score (nSPS) is 17.6. The number of carbonyl (C=O) groups excluding carboxylic acids is 7. The van der Waals surface area contributed by atoms with E-state index in [1.807, 2.05) is 97.1 Å². The highest BCUT2D eigenvalue weighted by Crippen LogP contribution is 2.31. The van der Waals surface area contributed by atoms with Gasteiger partial charge in [0.05, 0.1) is 65.7 Å². The zero-order valence-corrected chi connectivity index (χ0v) is 47.4. The third kappa shape index (κ3) is 17.9. The molecule has 2 aromatic carbocycles. The Morgan fingerprint density at radius 1 is 0.824 bits per heavy atom. The van der Waals surface area contributed by atoms with Crippen LogP contribution in [0.3, 0.4) is 0 Å². The number of likely N-dealkylation sites (N-methyl/N-ethyl adjacent to an activating group) is 2. The van der Waals surface area contributed by atoms with Crippen LogP contribution in [0.25, 0.3) is 0 Å². The molecule has 0 radical (unpaired) electrons. The van der Waals surface area contributed by atoms with E-state index in [0.29, 0.717) is 48.4 Å². The van der Waals surface area contributed by atoms with Crippen LogP contribution in [-0.2, 0) is 43.0 Å². The lowest BCUT2D eigenvalue weighted by Gasteiger charge is -2.41. The van der Waals surface area contributed by atoms with Crippen LogP contribution in [0.2, 0.25) is 0 Å². The molecule has 0 aromatic heterocycles. The summed E-state index contributed by atoms with van der Waals surface area (Å²) in [6.07, 6.45) is 1.61. The largest absolute Gasteiger partial charge is 0.452 e. The fraction of sp³-hybridized carbons (Fsp3) is 0.636. The number of rotatable bonds is 29. The van der Waals surface area contributed by atoms with Crippen molar-refractivity contribution in [2.24, 2.45) is 28.8 Å². The quantitative estimate of drug-likeness (QED) is 0.0455. The first-order chi connectivity index (χ1) is 35.0. The molecule has 0 aliphatic carbocycles. The first-order valence-electron chi connectivity index (χ1n) is 25.9. The van der Waals surface area contributed by atoms with E-state index in [4.69, 9.17) is 14.2 Å². The standard InChI is InChI=1S/C55H86N8O10S/c1-16-35(6)49(62(12)54(69)47(33(2)3)58-53(68)48(34(4)5)61(10)11)43(71-13)31-46(66)63-30-20-23-42(63)50(72-14)36(7)52(67)57-38(9)51(40-21-18-17-19-22-40)73-55(70)41-26-24-39(25-27-41)37(8)59-60-44(64)28-29-56-45(65)32-74-15/h17-19,21-22,24-27,33-36,38,42-43,47-51H,16,20,23,28-32H2,1-15H3,(H,56,65)(H,57,67)(H,58,68)(H,60,64)/b59-37+/t35-,36+,38+,42-,43+,47-,48-,49-,50+,51+/m0/s1. The van der Waals surface area contributed by atoms with Crippen molar-refractivity contribution in [2.45, 2.75) is 143 Å². The Balaban J connectivity index is 1.75. The van der Waals surface area contributed by atoms with Crippen LogP contribution in [0.15, 0.2) is 59.7 Å². The van der Waals surface area contributed by atoms with Crippen LogP contribution in [0.1, 0.15) is 122 Å². The zero-order valence-electron chi connectivity index (χ0n) is 46.6. The zero-order chi connectivity index (χ0) is 55.4. The van der Waals surface area contributed by atoms with Crippen LogP contribution < -0.4 is 21.4 Å². The lowest BCUT2D eigenvalue weighted by molar-refractivity contribution is -0.148. The number of likely N-dealkylation sites (tertiary alicyclic amines) is 1. The number of hydrogen-bond acceptors (Lipinski definition) is 13. The summed E-state index contributed by atoms with van der Waals surface area (Å²) in [5.41, 5.74) is 4.58. The fourth-order valence-electron chi connectivity index (χ4n) is 9.74. The second-order valence-electron chi connectivity index (χ2n) is 20.3. The molecule has 0 unspecified atom stereocenters. The minimum atomic E-state index is -0.884. The van der Waals surface area contributed by atoms with Crippen LogP contribution in [0.4, 0.5) is 0 Å². The molecule has 1 heterocycles. The summed E-state index contributed by atoms with van der Waals surface area (Å²) < 4.78 is 18.3. The number of esters is 1. The molecule has 4 N–H and O–H groups in total. The molecule has 19 heteroatoms. The Hall–Kier alpha value is -5.37. The Morgan fingerprint density at radius 2 is 1.46 bits per heavy atom.